The molecular weight excluding hydrogens is 292 g/mol. The van der Waals surface area contributed by atoms with Crippen LogP contribution in [0.15, 0.2) is 59.1 Å². The molecule has 0 saturated carbocycles. The maximum atomic E-state index is 9.94. The summed E-state index contributed by atoms with van der Waals surface area (Å²) in [4.78, 5) is 4.26. The zero-order chi connectivity index (χ0) is 16.3. The number of aromatic nitrogens is 2. The Morgan fingerprint density at radius 3 is 2.43 bits per heavy atom. The van der Waals surface area contributed by atoms with E-state index < -0.39 is 5.60 Å². The van der Waals surface area contributed by atoms with Gasteiger partial charge in [-0.2, -0.15) is 4.98 Å². The van der Waals surface area contributed by atoms with Gasteiger partial charge in [0.05, 0.1) is 5.56 Å². The molecule has 23 heavy (non-hydrogen) atoms. The van der Waals surface area contributed by atoms with Crippen LogP contribution in [-0.2, 0) is 12.2 Å². The van der Waals surface area contributed by atoms with Crippen LogP contribution in [0, 0.1) is 0 Å². The van der Waals surface area contributed by atoms with Gasteiger partial charge in [-0.3, -0.25) is 0 Å². The number of para-hydroxylation sites is 1. The normalized spacial score (nSPS) is 11.4. The van der Waals surface area contributed by atoms with Crippen molar-refractivity contribution >= 4 is 0 Å². The molecule has 0 spiro atoms. The molecule has 1 heterocycles. The van der Waals surface area contributed by atoms with E-state index in [-0.39, 0.29) is 5.89 Å². The van der Waals surface area contributed by atoms with Gasteiger partial charge in [0.25, 0.3) is 5.89 Å². The summed E-state index contributed by atoms with van der Waals surface area (Å²) in [5, 5.41) is 13.9. The first kappa shape index (κ1) is 15.2. The lowest BCUT2D eigenvalue weighted by molar-refractivity contribution is 0.0420. The third kappa shape index (κ3) is 3.57. The highest BCUT2D eigenvalue weighted by Gasteiger charge is 2.25. The van der Waals surface area contributed by atoms with E-state index in [9.17, 15) is 5.11 Å². The van der Waals surface area contributed by atoms with Crippen LogP contribution in [0.3, 0.4) is 0 Å². The highest BCUT2D eigenvalue weighted by molar-refractivity contribution is 5.63. The molecule has 5 nitrogen and oxygen atoms in total. The molecule has 0 fully saturated rings. The molecule has 118 valence electrons. The lowest BCUT2D eigenvalue weighted by atomic mass is 10.1. The molecule has 0 aliphatic heterocycles. The molecule has 0 aliphatic carbocycles. The molecule has 0 unspecified atom stereocenters. The van der Waals surface area contributed by atoms with Gasteiger partial charge in [-0.25, -0.2) is 0 Å². The number of rotatable bonds is 5. The third-order valence-corrected chi connectivity index (χ3v) is 3.31. The minimum atomic E-state index is -1.18. The fraction of sp³-hybridized carbons (Fsp3) is 0.222. The Morgan fingerprint density at radius 2 is 1.74 bits per heavy atom. The molecule has 3 rings (SSSR count). The molecule has 1 aromatic heterocycles. The van der Waals surface area contributed by atoms with Gasteiger partial charge in [-0.1, -0.05) is 47.6 Å². The van der Waals surface area contributed by atoms with Gasteiger partial charge < -0.3 is 14.4 Å². The average Bonchev–Trinajstić information content (AvgIpc) is 3.04. The molecular formula is C18H18N2O3. The van der Waals surface area contributed by atoms with Gasteiger partial charge in [0.2, 0.25) is 5.82 Å². The molecule has 5 heteroatoms. The Hall–Kier alpha value is -2.66. The monoisotopic (exact) mass is 310 g/mol. The van der Waals surface area contributed by atoms with Crippen LogP contribution in [0.4, 0.5) is 0 Å². The summed E-state index contributed by atoms with van der Waals surface area (Å²) < 4.78 is 11.0. The van der Waals surface area contributed by atoms with E-state index in [0.717, 1.165) is 11.1 Å². The van der Waals surface area contributed by atoms with Gasteiger partial charge in [-0.05, 0) is 31.5 Å². The van der Waals surface area contributed by atoms with Crippen LogP contribution in [-0.4, -0.2) is 15.2 Å². The van der Waals surface area contributed by atoms with Crippen molar-refractivity contribution in [1.82, 2.24) is 10.1 Å². The third-order valence-electron chi connectivity index (χ3n) is 3.31. The number of ether oxygens (including phenoxy) is 1. The lowest BCUT2D eigenvalue weighted by Gasteiger charge is -2.10. The lowest BCUT2D eigenvalue weighted by Crippen LogP contribution is -2.15. The Bertz CT molecular complexity index is 776. The maximum absolute atomic E-state index is 9.94. The summed E-state index contributed by atoms with van der Waals surface area (Å²) >= 11 is 0. The van der Waals surface area contributed by atoms with Gasteiger partial charge in [0, 0.05) is 0 Å². The van der Waals surface area contributed by atoms with E-state index in [1.807, 2.05) is 54.6 Å². The molecule has 2 aromatic carbocycles. The van der Waals surface area contributed by atoms with Crippen molar-refractivity contribution in [3.05, 3.63) is 66.1 Å². The fourth-order valence-electron chi connectivity index (χ4n) is 2.09. The molecule has 3 aromatic rings. The van der Waals surface area contributed by atoms with Gasteiger partial charge in [-0.15, -0.1) is 0 Å². The van der Waals surface area contributed by atoms with Crippen molar-refractivity contribution in [2.45, 2.75) is 26.1 Å². The molecule has 0 radical (unpaired) electrons. The van der Waals surface area contributed by atoms with Gasteiger partial charge in [0.15, 0.2) is 0 Å². The standard InChI is InChI=1S/C18H18N2O3/c1-18(2,21)17-19-16(20-23-17)14-10-6-7-11-15(14)22-12-13-8-4-3-5-9-13/h3-11,21H,12H2,1-2H3. The van der Waals surface area contributed by atoms with Crippen LogP contribution in [0.2, 0.25) is 0 Å². The summed E-state index contributed by atoms with van der Waals surface area (Å²) in [6.45, 7) is 3.65. The van der Waals surface area contributed by atoms with E-state index in [1.54, 1.807) is 13.8 Å². The first-order valence-electron chi connectivity index (χ1n) is 7.37. The Morgan fingerprint density at radius 1 is 1.04 bits per heavy atom. The van der Waals surface area contributed by atoms with Crippen molar-refractivity contribution < 1.29 is 14.4 Å². The number of aliphatic hydroxyl groups is 1. The van der Waals surface area contributed by atoms with Crippen LogP contribution in [0.5, 0.6) is 5.75 Å². The average molecular weight is 310 g/mol. The Balaban J connectivity index is 1.85. The predicted molar refractivity (Wildman–Crippen MR) is 85.8 cm³/mol. The molecule has 0 saturated heterocycles. The number of hydrogen-bond acceptors (Lipinski definition) is 5. The summed E-state index contributed by atoms with van der Waals surface area (Å²) in [6.07, 6.45) is 0. The second-order valence-corrected chi connectivity index (χ2v) is 5.75. The fourth-order valence-corrected chi connectivity index (χ4v) is 2.09. The van der Waals surface area contributed by atoms with Gasteiger partial charge >= 0.3 is 0 Å². The van der Waals surface area contributed by atoms with E-state index in [2.05, 4.69) is 10.1 Å². The molecule has 0 aliphatic rings. The number of nitrogens with zero attached hydrogens (tertiary/aromatic N) is 2. The van der Waals surface area contributed by atoms with Crippen LogP contribution >= 0.6 is 0 Å². The van der Waals surface area contributed by atoms with Crippen molar-refractivity contribution in [2.24, 2.45) is 0 Å². The smallest absolute Gasteiger partial charge is 0.258 e. The maximum Gasteiger partial charge on any atom is 0.258 e. The van der Waals surface area contributed by atoms with E-state index >= 15 is 0 Å². The largest absolute Gasteiger partial charge is 0.488 e. The zero-order valence-electron chi connectivity index (χ0n) is 13.1. The highest BCUT2D eigenvalue weighted by Crippen LogP contribution is 2.29. The van der Waals surface area contributed by atoms with Crippen molar-refractivity contribution in [3.63, 3.8) is 0 Å². The molecule has 1 N–H and O–H groups in total. The Kier molecular flexibility index (Phi) is 4.12. The van der Waals surface area contributed by atoms with Crippen LogP contribution in [0.1, 0.15) is 25.3 Å². The molecule has 0 atom stereocenters. The molecule has 0 bridgehead atoms. The Labute approximate surface area is 134 Å². The second kappa shape index (κ2) is 6.22. The highest BCUT2D eigenvalue weighted by atomic mass is 16.5. The zero-order valence-corrected chi connectivity index (χ0v) is 13.1. The number of hydrogen-bond donors (Lipinski definition) is 1. The van der Waals surface area contributed by atoms with Crippen LogP contribution in [0.25, 0.3) is 11.4 Å². The summed E-state index contributed by atoms with van der Waals surface area (Å²) in [7, 11) is 0. The van der Waals surface area contributed by atoms with Crippen LogP contribution < -0.4 is 4.74 Å². The second-order valence-electron chi connectivity index (χ2n) is 5.75. The summed E-state index contributed by atoms with van der Waals surface area (Å²) in [5.41, 5.74) is 0.626. The summed E-state index contributed by atoms with van der Waals surface area (Å²) in [5.74, 6) is 1.23. The van der Waals surface area contributed by atoms with E-state index in [0.29, 0.717) is 18.2 Å². The van der Waals surface area contributed by atoms with Gasteiger partial charge in [0.1, 0.15) is 18.0 Å². The van der Waals surface area contributed by atoms with Crippen molar-refractivity contribution in [3.8, 4) is 17.1 Å². The number of benzene rings is 2. The molecule has 0 amide bonds. The minimum absolute atomic E-state index is 0.172. The van der Waals surface area contributed by atoms with Crippen molar-refractivity contribution in [1.29, 1.82) is 0 Å². The predicted octanol–water partition coefficient (Wildman–Crippen LogP) is 3.54. The SMILES string of the molecule is CC(C)(O)c1nc(-c2ccccc2OCc2ccccc2)no1. The van der Waals surface area contributed by atoms with Crippen molar-refractivity contribution in [2.75, 3.05) is 0 Å². The van der Waals surface area contributed by atoms with E-state index in [4.69, 9.17) is 9.26 Å². The minimum Gasteiger partial charge on any atom is -0.488 e. The summed E-state index contributed by atoms with van der Waals surface area (Å²) in [6, 6.07) is 17.4. The quantitative estimate of drug-likeness (QED) is 0.780. The van der Waals surface area contributed by atoms with E-state index in [1.165, 1.54) is 0 Å². The topological polar surface area (TPSA) is 68.4 Å². The first-order chi connectivity index (χ1) is 11.0. The first-order valence-corrected chi connectivity index (χ1v) is 7.37.